The van der Waals surface area contributed by atoms with Crippen molar-refractivity contribution in [3.05, 3.63) is 48.5 Å². The first-order valence-corrected chi connectivity index (χ1v) is 11.5. The van der Waals surface area contributed by atoms with Crippen molar-refractivity contribution >= 4 is 7.69 Å². The van der Waals surface area contributed by atoms with Crippen LogP contribution in [0.15, 0.2) is 48.5 Å². The molecule has 2 saturated heterocycles. The lowest BCUT2D eigenvalue weighted by Gasteiger charge is -2.15. The fourth-order valence-electron chi connectivity index (χ4n) is 4.03. The standard InChI is InChI=1S/C24H33BN2O4/c1-2-14-26(13-1)17-19-28-21-5-9-23(10-6-21)30-25-31-24-11-7-22(8-12-24)29-20-18-27-15-3-4-16-27/h5-12,25H,1-4,13-20H2. The summed E-state index contributed by atoms with van der Waals surface area (Å²) in [5.74, 6) is 3.25. The van der Waals surface area contributed by atoms with Crippen LogP contribution in [0.25, 0.3) is 0 Å². The average molecular weight is 424 g/mol. The molecular weight excluding hydrogens is 391 g/mol. The van der Waals surface area contributed by atoms with Crippen molar-refractivity contribution in [3.8, 4) is 23.0 Å². The van der Waals surface area contributed by atoms with Gasteiger partial charge in [0.2, 0.25) is 0 Å². The third-order valence-corrected chi connectivity index (χ3v) is 5.85. The molecule has 0 atom stereocenters. The molecule has 0 N–H and O–H groups in total. The molecule has 0 saturated carbocycles. The minimum atomic E-state index is 0.157. The van der Waals surface area contributed by atoms with E-state index in [0.717, 1.165) is 49.3 Å². The second kappa shape index (κ2) is 11.9. The van der Waals surface area contributed by atoms with Crippen molar-refractivity contribution < 1.29 is 18.8 Å². The number of hydrogen-bond acceptors (Lipinski definition) is 6. The minimum absolute atomic E-state index is 0.157. The summed E-state index contributed by atoms with van der Waals surface area (Å²) in [7, 11) is 0.157. The zero-order chi connectivity index (χ0) is 21.1. The summed E-state index contributed by atoms with van der Waals surface area (Å²) in [6.45, 7) is 8.23. The van der Waals surface area contributed by atoms with Gasteiger partial charge in [-0.1, -0.05) is 0 Å². The van der Waals surface area contributed by atoms with E-state index in [1.165, 1.54) is 51.9 Å². The summed E-state index contributed by atoms with van der Waals surface area (Å²) in [6, 6.07) is 15.4. The highest BCUT2D eigenvalue weighted by atomic mass is 16.6. The fraction of sp³-hybridized carbons (Fsp3) is 0.500. The maximum Gasteiger partial charge on any atom is 0.576 e. The molecule has 2 aromatic rings. The molecule has 4 rings (SSSR count). The topological polar surface area (TPSA) is 43.4 Å². The molecule has 0 aliphatic carbocycles. The fourth-order valence-corrected chi connectivity index (χ4v) is 4.03. The van der Waals surface area contributed by atoms with Gasteiger partial charge in [0.1, 0.15) is 36.2 Å². The van der Waals surface area contributed by atoms with Crippen molar-refractivity contribution in [1.82, 2.24) is 9.80 Å². The summed E-state index contributed by atoms with van der Waals surface area (Å²) in [5, 5.41) is 0. The molecule has 6 nitrogen and oxygen atoms in total. The molecule has 2 fully saturated rings. The second-order valence-electron chi connectivity index (χ2n) is 8.14. The van der Waals surface area contributed by atoms with Gasteiger partial charge in [0.25, 0.3) is 0 Å². The second-order valence-corrected chi connectivity index (χ2v) is 8.14. The molecular formula is C24H33BN2O4. The van der Waals surface area contributed by atoms with Gasteiger partial charge >= 0.3 is 7.69 Å². The van der Waals surface area contributed by atoms with Gasteiger partial charge in [-0.05, 0) is 100 Å². The van der Waals surface area contributed by atoms with Crippen molar-refractivity contribution in [2.24, 2.45) is 0 Å². The van der Waals surface area contributed by atoms with Gasteiger partial charge < -0.3 is 18.8 Å². The molecule has 166 valence electrons. The summed E-state index contributed by atoms with van der Waals surface area (Å²) in [4.78, 5) is 4.89. The number of likely N-dealkylation sites (tertiary alicyclic amines) is 2. The van der Waals surface area contributed by atoms with Gasteiger partial charge in [-0.2, -0.15) is 0 Å². The molecule has 7 heteroatoms. The van der Waals surface area contributed by atoms with Gasteiger partial charge in [-0.25, -0.2) is 0 Å². The van der Waals surface area contributed by atoms with E-state index in [1.54, 1.807) is 0 Å². The third-order valence-electron chi connectivity index (χ3n) is 5.85. The Labute approximate surface area is 186 Å². The predicted octanol–water partition coefficient (Wildman–Crippen LogP) is 3.36. The zero-order valence-electron chi connectivity index (χ0n) is 18.3. The van der Waals surface area contributed by atoms with Crippen LogP contribution in [0.5, 0.6) is 23.0 Å². The Morgan fingerprint density at radius 1 is 0.548 bits per heavy atom. The summed E-state index contributed by atoms with van der Waals surface area (Å²) in [6.07, 6.45) is 5.24. The van der Waals surface area contributed by atoms with Crippen molar-refractivity contribution in [2.75, 3.05) is 52.5 Å². The first kappa shape index (κ1) is 21.8. The van der Waals surface area contributed by atoms with Crippen LogP contribution in [0.4, 0.5) is 0 Å². The van der Waals surface area contributed by atoms with Gasteiger partial charge in [0, 0.05) is 13.1 Å². The van der Waals surface area contributed by atoms with Gasteiger partial charge in [0.15, 0.2) is 0 Å². The van der Waals surface area contributed by atoms with Crippen LogP contribution in [0.2, 0.25) is 0 Å². The van der Waals surface area contributed by atoms with Crippen molar-refractivity contribution in [2.45, 2.75) is 25.7 Å². The zero-order valence-corrected chi connectivity index (χ0v) is 18.3. The Morgan fingerprint density at radius 2 is 0.903 bits per heavy atom. The first-order chi connectivity index (χ1) is 15.3. The van der Waals surface area contributed by atoms with Crippen LogP contribution in [-0.2, 0) is 0 Å². The maximum atomic E-state index is 5.82. The normalized spacial score (nSPS) is 16.9. The molecule has 2 heterocycles. The Hall–Kier alpha value is -2.38. The Balaban J connectivity index is 1.10. The SMILES string of the molecule is B(Oc1ccc(OCCN2CCCC2)cc1)Oc1ccc(OCCN2CCCC2)cc1. The van der Waals surface area contributed by atoms with Crippen LogP contribution in [-0.4, -0.2) is 70.0 Å². The molecule has 0 amide bonds. The lowest BCUT2D eigenvalue weighted by molar-refractivity contribution is 0.237. The van der Waals surface area contributed by atoms with Crippen LogP contribution in [0.1, 0.15) is 25.7 Å². The summed E-state index contributed by atoms with van der Waals surface area (Å²) in [5.41, 5.74) is 0. The summed E-state index contributed by atoms with van der Waals surface area (Å²) < 4.78 is 23.0. The highest BCUT2D eigenvalue weighted by Gasteiger charge is 2.11. The highest BCUT2D eigenvalue weighted by Crippen LogP contribution is 2.20. The van der Waals surface area contributed by atoms with E-state index in [-0.39, 0.29) is 7.69 Å². The van der Waals surface area contributed by atoms with Crippen LogP contribution in [0, 0.1) is 0 Å². The van der Waals surface area contributed by atoms with Gasteiger partial charge in [-0.3, -0.25) is 9.80 Å². The van der Waals surface area contributed by atoms with Gasteiger partial charge in [0.05, 0.1) is 0 Å². The smallest absolute Gasteiger partial charge is 0.529 e. The minimum Gasteiger partial charge on any atom is -0.529 e. The van der Waals surface area contributed by atoms with E-state index >= 15 is 0 Å². The largest absolute Gasteiger partial charge is 0.576 e. The number of hydrogen-bond donors (Lipinski definition) is 0. The quantitative estimate of drug-likeness (QED) is 0.487. The van der Waals surface area contributed by atoms with E-state index in [1.807, 2.05) is 48.5 Å². The third kappa shape index (κ3) is 7.37. The molecule has 0 aromatic heterocycles. The maximum absolute atomic E-state index is 5.82. The molecule has 2 aromatic carbocycles. The molecule has 2 aliphatic rings. The Kier molecular flexibility index (Phi) is 8.36. The van der Waals surface area contributed by atoms with Crippen molar-refractivity contribution in [3.63, 3.8) is 0 Å². The van der Waals surface area contributed by atoms with E-state index in [4.69, 9.17) is 18.8 Å². The molecule has 0 radical (unpaired) electrons. The van der Waals surface area contributed by atoms with Gasteiger partial charge in [-0.15, -0.1) is 0 Å². The Bertz CT molecular complexity index is 695. The molecule has 0 bridgehead atoms. The lowest BCUT2D eigenvalue weighted by atomic mass is 10.3. The van der Waals surface area contributed by atoms with E-state index in [2.05, 4.69) is 9.80 Å². The van der Waals surface area contributed by atoms with Crippen LogP contribution < -0.4 is 18.8 Å². The number of rotatable bonds is 12. The molecule has 2 aliphatic heterocycles. The average Bonchev–Trinajstić information content (AvgIpc) is 3.51. The Morgan fingerprint density at radius 3 is 1.29 bits per heavy atom. The predicted molar refractivity (Wildman–Crippen MR) is 124 cm³/mol. The monoisotopic (exact) mass is 424 g/mol. The van der Waals surface area contributed by atoms with Crippen LogP contribution >= 0.6 is 0 Å². The van der Waals surface area contributed by atoms with E-state index in [0.29, 0.717) is 0 Å². The first-order valence-electron chi connectivity index (χ1n) is 11.5. The van der Waals surface area contributed by atoms with Crippen LogP contribution in [0.3, 0.4) is 0 Å². The van der Waals surface area contributed by atoms with Crippen molar-refractivity contribution in [1.29, 1.82) is 0 Å². The molecule has 0 unspecified atom stereocenters. The molecule has 0 spiro atoms. The molecule has 31 heavy (non-hydrogen) atoms. The number of benzene rings is 2. The van der Waals surface area contributed by atoms with E-state index in [9.17, 15) is 0 Å². The van der Waals surface area contributed by atoms with E-state index < -0.39 is 0 Å². The summed E-state index contributed by atoms with van der Waals surface area (Å²) >= 11 is 0. The number of ether oxygens (including phenoxy) is 2. The number of nitrogens with zero attached hydrogens (tertiary/aromatic N) is 2. The highest BCUT2D eigenvalue weighted by molar-refractivity contribution is 6.20. The lowest BCUT2D eigenvalue weighted by Crippen LogP contribution is -2.25.